The molecule has 0 atom stereocenters. The van der Waals surface area contributed by atoms with Crippen LogP contribution in [0.1, 0.15) is 0 Å². The first-order chi connectivity index (χ1) is 16.9. The molecule has 0 saturated carbocycles. The number of azo groups is 1. The summed E-state index contributed by atoms with van der Waals surface area (Å²) in [5.41, 5.74) is -0.746. The third kappa shape index (κ3) is 7.05. The van der Waals surface area contributed by atoms with E-state index >= 15 is 0 Å². The van der Waals surface area contributed by atoms with Crippen molar-refractivity contribution in [3.8, 4) is 5.75 Å². The fraction of sp³-hybridized carbons (Fsp3) is 0.111. The van der Waals surface area contributed by atoms with Gasteiger partial charge in [-0.1, -0.05) is 0 Å². The van der Waals surface area contributed by atoms with Gasteiger partial charge in [0.25, 0.3) is 20.2 Å². The van der Waals surface area contributed by atoms with Crippen LogP contribution in [0.25, 0.3) is 10.8 Å². The number of phenolic OH excluding ortho intramolecular Hbond substituents is 1. The Labute approximate surface area is 210 Å². The van der Waals surface area contributed by atoms with Crippen molar-refractivity contribution in [1.82, 2.24) is 0 Å². The average molecular weight is 597 g/mol. The lowest BCUT2D eigenvalue weighted by Gasteiger charge is -2.09. The summed E-state index contributed by atoms with van der Waals surface area (Å²) in [4.78, 5) is -1.81. The van der Waals surface area contributed by atoms with Crippen molar-refractivity contribution >= 4 is 62.6 Å². The highest BCUT2D eigenvalue weighted by molar-refractivity contribution is 7.91. The maximum atomic E-state index is 12.2. The highest BCUT2D eigenvalue weighted by Gasteiger charge is 2.23. The number of benzene rings is 3. The molecule has 0 unspecified atom stereocenters. The number of sulfone groups is 1. The van der Waals surface area contributed by atoms with Crippen molar-refractivity contribution in [3.63, 3.8) is 0 Å². The van der Waals surface area contributed by atoms with Crippen LogP contribution in [0, 0.1) is 0 Å². The van der Waals surface area contributed by atoms with Crippen molar-refractivity contribution in [2.24, 2.45) is 10.2 Å². The van der Waals surface area contributed by atoms with Gasteiger partial charge in [0, 0.05) is 5.39 Å². The second-order valence-electron chi connectivity index (χ2n) is 7.17. The van der Waals surface area contributed by atoms with Crippen molar-refractivity contribution < 1.29 is 56.6 Å². The molecular formula is C18H16N2O13S4. The molecule has 3 aromatic carbocycles. The second-order valence-corrected chi connectivity index (χ2v) is 13.2. The molecule has 0 spiro atoms. The molecule has 19 heteroatoms. The van der Waals surface area contributed by atoms with Crippen molar-refractivity contribution in [1.29, 1.82) is 0 Å². The zero-order valence-electron chi connectivity index (χ0n) is 18.0. The molecule has 0 saturated heterocycles. The summed E-state index contributed by atoms with van der Waals surface area (Å²) < 4.78 is 123. The molecular weight excluding hydrogens is 580 g/mol. The van der Waals surface area contributed by atoms with Gasteiger partial charge in [-0.25, -0.2) is 12.6 Å². The van der Waals surface area contributed by atoms with Gasteiger partial charge in [0.2, 0.25) is 0 Å². The molecule has 0 radical (unpaired) electrons. The fourth-order valence-corrected chi connectivity index (χ4v) is 5.64. The fourth-order valence-electron chi connectivity index (χ4n) is 2.98. The van der Waals surface area contributed by atoms with Crippen LogP contribution in [0.5, 0.6) is 5.75 Å². The first kappa shape index (κ1) is 28.5. The van der Waals surface area contributed by atoms with E-state index in [1.807, 2.05) is 0 Å². The minimum Gasteiger partial charge on any atom is -0.505 e. The van der Waals surface area contributed by atoms with Crippen LogP contribution < -0.4 is 0 Å². The number of fused-ring (bicyclic) bond motifs is 1. The van der Waals surface area contributed by atoms with Gasteiger partial charge < -0.3 is 5.11 Å². The molecule has 3 aromatic rings. The molecule has 200 valence electrons. The van der Waals surface area contributed by atoms with E-state index in [2.05, 4.69) is 14.4 Å². The van der Waals surface area contributed by atoms with Gasteiger partial charge in [-0.2, -0.15) is 30.4 Å². The lowest BCUT2D eigenvalue weighted by Crippen LogP contribution is -2.15. The molecule has 0 heterocycles. The number of nitrogens with zero attached hydrogens (tertiary/aromatic N) is 2. The van der Waals surface area contributed by atoms with Crippen LogP contribution in [0.15, 0.2) is 73.4 Å². The Morgan fingerprint density at radius 2 is 1.32 bits per heavy atom. The SMILES string of the molecule is O=S(=O)(O)OCCS(=O)(=O)c1ccc(/N=N/c2c(S(=O)(=O)O)cc3cc(S(=O)(=O)O)ccc3c2O)cc1. The summed E-state index contributed by atoms with van der Waals surface area (Å²) >= 11 is 0. The van der Waals surface area contributed by atoms with Crippen molar-refractivity contribution in [2.75, 3.05) is 12.4 Å². The van der Waals surface area contributed by atoms with E-state index in [1.54, 1.807) is 0 Å². The Morgan fingerprint density at radius 1 is 0.730 bits per heavy atom. The van der Waals surface area contributed by atoms with Gasteiger partial charge >= 0.3 is 10.4 Å². The van der Waals surface area contributed by atoms with E-state index in [1.165, 1.54) is 0 Å². The molecule has 0 aromatic heterocycles. The topological polar surface area (TPSA) is 251 Å². The molecule has 0 bridgehead atoms. The van der Waals surface area contributed by atoms with Gasteiger partial charge in [0.05, 0.1) is 27.8 Å². The minimum atomic E-state index is -5.02. The first-order valence-electron chi connectivity index (χ1n) is 9.50. The van der Waals surface area contributed by atoms with E-state index in [4.69, 9.17) is 4.55 Å². The Balaban J connectivity index is 1.98. The van der Waals surface area contributed by atoms with E-state index < -0.39 is 74.1 Å². The molecule has 0 aliphatic heterocycles. The number of rotatable bonds is 9. The van der Waals surface area contributed by atoms with E-state index in [9.17, 15) is 47.9 Å². The molecule has 0 amide bonds. The molecule has 15 nitrogen and oxygen atoms in total. The average Bonchev–Trinajstić information content (AvgIpc) is 2.76. The number of hydrogen-bond acceptors (Lipinski definition) is 12. The molecule has 0 aliphatic rings. The number of hydrogen-bond donors (Lipinski definition) is 4. The van der Waals surface area contributed by atoms with Crippen LogP contribution in [0.2, 0.25) is 0 Å². The minimum absolute atomic E-state index is 0.0318. The smallest absolute Gasteiger partial charge is 0.397 e. The van der Waals surface area contributed by atoms with Gasteiger partial charge in [-0.05, 0) is 53.9 Å². The molecule has 0 aliphatic carbocycles. The first-order valence-corrected chi connectivity index (χ1v) is 15.4. The Kier molecular flexibility index (Phi) is 7.73. The zero-order chi connectivity index (χ0) is 27.8. The standard InChI is InChI=1S/C18H16N2O13S4/c21-18-15-6-5-14(35(24,25)26)9-11(15)10-16(36(27,28)29)17(18)20-19-12-1-3-13(4-2-12)34(22,23)8-7-33-37(30,31)32/h1-6,9-10,21H,7-8H2,(H,24,25,26)(H,27,28,29)(H,30,31,32)/b20-19+. The van der Waals surface area contributed by atoms with Crippen LogP contribution in [0.3, 0.4) is 0 Å². The number of aromatic hydroxyl groups is 1. The second kappa shape index (κ2) is 10.0. The van der Waals surface area contributed by atoms with Gasteiger partial charge in [0.1, 0.15) is 10.6 Å². The monoisotopic (exact) mass is 596 g/mol. The number of phenols is 1. The maximum absolute atomic E-state index is 12.2. The lowest BCUT2D eigenvalue weighted by atomic mass is 10.1. The van der Waals surface area contributed by atoms with Crippen molar-refractivity contribution in [3.05, 3.63) is 48.5 Å². The van der Waals surface area contributed by atoms with Crippen LogP contribution in [-0.2, 0) is 44.7 Å². The summed E-state index contributed by atoms with van der Waals surface area (Å²) in [6, 6.07) is 8.08. The van der Waals surface area contributed by atoms with Crippen LogP contribution >= 0.6 is 0 Å². The molecule has 4 N–H and O–H groups in total. The zero-order valence-corrected chi connectivity index (χ0v) is 21.3. The molecule has 3 rings (SSSR count). The van der Waals surface area contributed by atoms with E-state index in [0.29, 0.717) is 0 Å². The summed E-state index contributed by atoms with van der Waals surface area (Å²) in [6.07, 6.45) is 0. The largest absolute Gasteiger partial charge is 0.505 e. The normalized spacial score (nSPS) is 13.4. The maximum Gasteiger partial charge on any atom is 0.397 e. The van der Waals surface area contributed by atoms with E-state index in [0.717, 1.165) is 48.5 Å². The summed E-state index contributed by atoms with van der Waals surface area (Å²) in [6.45, 7) is -0.839. The third-order valence-electron chi connectivity index (χ3n) is 4.64. The van der Waals surface area contributed by atoms with Gasteiger partial charge in [0.15, 0.2) is 15.6 Å². The molecule has 37 heavy (non-hydrogen) atoms. The van der Waals surface area contributed by atoms with Gasteiger partial charge in [-0.3, -0.25) is 13.7 Å². The Bertz CT molecular complexity index is 1830. The highest BCUT2D eigenvalue weighted by atomic mass is 32.3. The quantitative estimate of drug-likeness (QED) is 0.204. The highest BCUT2D eigenvalue weighted by Crippen LogP contribution is 2.41. The Hall–Kier alpha value is -3.04. The lowest BCUT2D eigenvalue weighted by molar-refractivity contribution is 0.284. The Morgan fingerprint density at radius 3 is 1.86 bits per heavy atom. The van der Waals surface area contributed by atoms with Crippen LogP contribution in [0.4, 0.5) is 11.4 Å². The summed E-state index contributed by atoms with van der Waals surface area (Å²) in [5.74, 6) is -1.58. The third-order valence-corrected chi connectivity index (χ3v) is 8.52. The van der Waals surface area contributed by atoms with Crippen LogP contribution in [-0.4, -0.2) is 64.8 Å². The van der Waals surface area contributed by atoms with Gasteiger partial charge in [-0.15, -0.1) is 5.11 Å². The molecule has 0 fully saturated rings. The predicted molar refractivity (Wildman–Crippen MR) is 125 cm³/mol. The summed E-state index contributed by atoms with van der Waals surface area (Å²) in [7, 11) is -18.5. The predicted octanol–water partition coefficient (Wildman–Crippen LogP) is 2.05. The van der Waals surface area contributed by atoms with E-state index in [-0.39, 0.29) is 21.4 Å². The van der Waals surface area contributed by atoms with Crippen molar-refractivity contribution in [2.45, 2.75) is 14.7 Å². The summed E-state index contributed by atoms with van der Waals surface area (Å²) in [5, 5.41) is 17.6.